The number of anilines is 1. The van der Waals surface area contributed by atoms with Crippen LogP contribution >= 0.6 is 39.1 Å². The SMILES string of the molecule is O=C(Nc1cnc(Cl)c(Br)c1)c1cccc(Cl)c1. The van der Waals surface area contributed by atoms with Gasteiger partial charge in [0.25, 0.3) is 5.91 Å². The molecule has 92 valence electrons. The third-order valence-electron chi connectivity index (χ3n) is 2.14. The van der Waals surface area contributed by atoms with Gasteiger partial charge in [-0.15, -0.1) is 0 Å². The van der Waals surface area contributed by atoms with E-state index in [4.69, 9.17) is 23.2 Å². The van der Waals surface area contributed by atoms with Crippen molar-refractivity contribution in [1.82, 2.24) is 4.98 Å². The average Bonchev–Trinajstić information content (AvgIpc) is 2.34. The molecule has 0 spiro atoms. The molecule has 1 N–H and O–H groups in total. The van der Waals surface area contributed by atoms with Gasteiger partial charge in [0.15, 0.2) is 0 Å². The topological polar surface area (TPSA) is 42.0 Å². The van der Waals surface area contributed by atoms with Gasteiger partial charge in [-0.2, -0.15) is 0 Å². The second kappa shape index (κ2) is 5.69. The van der Waals surface area contributed by atoms with E-state index in [0.29, 0.717) is 25.9 Å². The minimum Gasteiger partial charge on any atom is -0.321 e. The summed E-state index contributed by atoms with van der Waals surface area (Å²) < 4.78 is 0.619. The molecule has 6 heteroatoms. The van der Waals surface area contributed by atoms with E-state index in [0.717, 1.165) is 0 Å². The van der Waals surface area contributed by atoms with Gasteiger partial charge >= 0.3 is 0 Å². The Bertz CT molecular complexity index is 604. The number of carbonyl (C=O) groups is 1. The van der Waals surface area contributed by atoms with Crippen molar-refractivity contribution in [2.45, 2.75) is 0 Å². The van der Waals surface area contributed by atoms with Gasteiger partial charge in [0, 0.05) is 10.6 Å². The molecule has 0 aliphatic rings. The zero-order valence-corrected chi connectivity index (χ0v) is 12.1. The number of pyridine rings is 1. The summed E-state index contributed by atoms with van der Waals surface area (Å²) >= 11 is 14.8. The molecule has 0 bridgehead atoms. The summed E-state index contributed by atoms with van der Waals surface area (Å²) in [5.41, 5.74) is 1.03. The molecule has 3 nitrogen and oxygen atoms in total. The highest BCUT2D eigenvalue weighted by Crippen LogP contribution is 2.23. The number of rotatable bonds is 2. The quantitative estimate of drug-likeness (QED) is 0.819. The Morgan fingerprint density at radius 3 is 2.72 bits per heavy atom. The van der Waals surface area contributed by atoms with Gasteiger partial charge < -0.3 is 5.32 Å². The molecular weight excluding hydrogens is 339 g/mol. The largest absolute Gasteiger partial charge is 0.321 e. The summed E-state index contributed by atoms with van der Waals surface area (Å²) in [5, 5.41) is 3.56. The summed E-state index contributed by atoms with van der Waals surface area (Å²) in [6, 6.07) is 8.37. The zero-order valence-electron chi connectivity index (χ0n) is 8.95. The zero-order chi connectivity index (χ0) is 13.1. The summed E-state index contributed by atoms with van der Waals surface area (Å²) in [6.07, 6.45) is 1.48. The normalized spacial score (nSPS) is 10.2. The summed E-state index contributed by atoms with van der Waals surface area (Å²) in [6.45, 7) is 0. The lowest BCUT2D eigenvalue weighted by Gasteiger charge is -2.06. The van der Waals surface area contributed by atoms with E-state index in [1.807, 2.05) is 0 Å². The molecule has 0 saturated carbocycles. The minimum atomic E-state index is -0.256. The van der Waals surface area contributed by atoms with Gasteiger partial charge in [-0.1, -0.05) is 29.3 Å². The highest BCUT2D eigenvalue weighted by atomic mass is 79.9. The molecule has 0 radical (unpaired) electrons. The third-order valence-corrected chi connectivity index (χ3v) is 3.51. The van der Waals surface area contributed by atoms with Crippen LogP contribution in [0, 0.1) is 0 Å². The van der Waals surface area contributed by atoms with Crippen LogP contribution < -0.4 is 5.32 Å². The first kappa shape index (κ1) is 13.3. The summed E-state index contributed by atoms with van der Waals surface area (Å²) in [7, 11) is 0. The summed E-state index contributed by atoms with van der Waals surface area (Å²) in [4.78, 5) is 15.8. The maximum Gasteiger partial charge on any atom is 0.255 e. The van der Waals surface area contributed by atoms with Crippen LogP contribution in [0.3, 0.4) is 0 Å². The molecule has 0 aliphatic heterocycles. The molecule has 1 aromatic heterocycles. The predicted octanol–water partition coefficient (Wildman–Crippen LogP) is 4.40. The van der Waals surface area contributed by atoms with Crippen molar-refractivity contribution in [3.63, 3.8) is 0 Å². The van der Waals surface area contributed by atoms with Gasteiger partial charge in [0.1, 0.15) is 5.15 Å². The number of hydrogen-bond acceptors (Lipinski definition) is 2. The van der Waals surface area contributed by atoms with E-state index in [1.54, 1.807) is 30.3 Å². The van der Waals surface area contributed by atoms with Crippen LogP contribution in [0.2, 0.25) is 10.2 Å². The maximum absolute atomic E-state index is 11.9. The number of amides is 1. The predicted molar refractivity (Wildman–Crippen MR) is 76.4 cm³/mol. The molecule has 0 saturated heterocycles. The first-order valence-electron chi connectivity index (χ1n) is 4.94. The van der Waals surface area contributed by atoms with Crippen LogP contribution in [0.25, 0.3) is 0 Å². The molecule has 1 aromatic carbocycles. The van der Waals surface area contributed by atoms with Crippen molar-refractivity contribution in [2.75, 3.05) is 5.32 Å². The molecule has 0 fully saturated rings. The van der Waals surface area contributed by atoms with Crippen LogP contribution in [-0.4, -0.2) is 10.9 Å². The molecule has 18 heavy (non-hydrogen) atoms. The van der Waals surface area contributed by atoms with Crippen molar-refractivity contribution >= 4 is 50.7 Å². The first-order valence-corrected chi connectivity index (χ1v) is 6.49. The molecule has 1 amide bonds. The Morgan fingerprint density at radius 1 is 1.28 bits per heavy atom. The van der Waals surface area contributed by atoms with E-state index in [1.165, 1.54) is 6.20 Å². The van der Waals surface area contributed by atoms with Gasteiger partial charge in [-0.25, -0.2) is 4.98 Å². The van der Waals surface area contributed by atoms with Crippen molar-refractivity contribution < 1.29 is 4.79 Å². The Kier molecular flexibility index (Phi) is 4.22. The fourth-order valence-electron chi connectivity index (χ4n) is 1.32. The third kappa shape index (κ3) is 3.22. The highest BCUT2D eigenvalue weighted by molar-refractivity contribution is 9.10. The molecule has 2 aromatic rings. The van der Waals surface area contributed by atoms with Crippen LogP contribution in [-0.2, 0) is 0 Å². The number of halogens is 3. The van der Waals surface area contributed by atoms with E-state index >= 15 is 0 Å². The Hall–Kier alpha value is -1.10. The van der Waals surface area contributed by atoms with Crippen LogP contribution in [0.4, 0.5) is 5.69 Å². The molecule has 0 atom stereocenters. The van der Waals surface area contributed by atoms with E-state index in [-0.39, 0.29) is 5.91 Å². The Balaban J connectivity index is 2.18. The van der Waals surface area contributed by atoms with E-state index in [9.17, 15) is 4.79 Å². The van der Waals surface area contributed by atoms with Crippen molar-refractivity contribution in [3.8, 4) is 0 Å². The first-order chi connectivity index (χ1) is 8.56. The average molecular weight is 346 g/mol. The summed E-state index contributed by atoms with van der Waals surface area (Å²) in [5.74, 6) is -0.256. The highest BCUT2D eigenvalue weighted by Gasteiger charge is 2.08. The standard InChI is InChI=1S/C12H7BrCl2N2O/c13-10-5-9(6-16-11(10)15)17-12(18)7-2-1-3-8(14)4-7/h1-6H,(H,17,18). The van der Waals surface area contributed by atoms with Gasteiger partial charge in [0.05, 0.1) is 16.4 Å². The number of benzene rings is 1. The van der Waals surface area contributed by atoms with E-state index in [2.05, 4.69) is 26.2 Å². The number of nitrogens with zero attached hydrogens (tertiary/aromatic N) is 1. The van der Waals surface area contributed by atoms with Crippen LogP contribution in [0.5, 0.6) is 0 Å². The lowest BCUT2D eigenvalue weighted by atomic mass is 10.2. The van der Waals surface area contributed by atoms with Crippen LogP contribution in [0.1, 0.15) is 10.4 Å². The number of carbonyl (C=O) groups excluding carboxylic acids is 1. The second-order valence-electron chi connectivity index (χ2n) is 3.46. The fourth-order valence-corrected chi connectivity index (χ4v) is 1.97. The fraction of sp³-hybridized carbons (Fsp3) is 0. The van der Waals surface area contributed by atoms with Gasteiger partial charge in [-0.3, -0.25) is 4.79 Å². The van der Waals surface area contributed by atoms with Gasteiger partial charge in [-0.05, 0) is 40.2 Å². The molecule has 0 aliphatic carbocycles. The van der Waals surface area contributed by atoms with Crippen molar-refractivity contribution in [3.05, 3.63) is 56.7 Å². The van der Waals surface area contributed by atoms with Crippen molar-refractivity contribution in [2.24, 2.45) is 0 Å². The number of nitrogens with one attached hydrogen (secondary N) is 1. The lowest BCUT2D eigenvalue weighted by Crippen LogP contribution is -2.11. The molecular formula is C12H7BrCl2N2O. The molecule has 2 rings (SSSR count). The van der Waals surface area contributed by atoms with Crippen LogP contribution in [0.15, 0.2) is 41.0 Å². The Labute approximate surface area is 122 Å². The van der Waals surface area contributed by atoms with Crippen molar-refractivity contribution in [1.29, 1.82) is 0 Å². The minimum absolute atomic E-state index is 0.256. The monoisotopic (exact) mass is 344 g/mol. The molecule has 0 unspecified atom stereocenters. The number of aromatic nitrogens is 1. The molecule has 1 heterocycles. The Morgan fingerprint density at radius 2 is 2.06 bits per heavy atom. The van der Waals surface area contributed by atoms with E-state index < -0.39 is 0 Å². The smallest absolute Gasteiger partial charge is 0.255 e. The number of hydrogen-bond donors (Lipinski definition) is 1. The lowest BCUT2D eigenvalue weighted by molar-refractivity contribution is 0.102. The van der Waals surface area contributed by atoms with Gasteiger partial charge in [0.2, 0.25) is 0 Å². The second-order valence-corrected chi connectivity index (χ2v) is 5.11. The maximum atomic E-state index is 11.9.